The molecule has 0 saturated carbocycles. The first-order chi connectivity index (χ1) is 4.55. The van der Waals surface area contributed by atoms with E-state index in [0.717, 1.165) is 0 Å². The zero-order chi connectivity index (χ0) is 7.89. The fourth-order valence-electron chi connectivity index (χ4n) is 0.516. The Morgan fingerprint density at radius 2 is 0.500 bits per heavy atom. The quantitative estimate of drug-likeness (QED) is 0.247. The van der Waals surface area contributed by atoms with Gasteiger partial charge in [-0.3, -0.25) is 14.4 Å². The summed E-state index contributed by atoms with van der Waals surface area (Å²) in [7, 11) is 0. The van der Waals surface area contributed by atoms with Gasteiger partial charge in [0.05, 0.1) is 0 Å². The maximum Gasteiger partial charge on any atom is 0.271 e. The van der Waals surface area contributed by atoms with E-state index in [1.807, 2.05) is 0 Å². The summed E-state index contributed by atoms with van der Waals surface area (Å²) in [6, 6.07) is 0. The minimum Gasteiger partial charge on any atom is -0.870 e. The largest absolute Gasteiger partial charge is 0.870 e. The summed E-state index contributed by atoms with van der Waals surface area (Å²) in [4.78, 5) is 30.6. The van der Waals surface area contributed by atoms with E-state index < -0.39 is 27.8 Å². The predicted molar refractivity (Wildman–Crippen MR) is 79.6 cm³/mol. The molecule has 0 amide bonds. The van der Waals surface area contributed by atoms with Crippen molar-refractivity contribution < 1.29 is 122 Å². The van der Waals surface area contributed by atoms with Gasteiger partial charge in [0.15, 0.2) is 0 Å². The van der Waals surface area contributed by atoms with Crippen LogP contribution >= 0.6 is 0 Å². The van der Waals surface area contributed by atoms with Gasteiger partial charge in [0.1, 0.15) is 0 Å². The summed E-state index contributed by atoms with van der Waals surface area (Å²) in [6.45, 7) is 0. The van der Waals surface area contributed by atoms with Gasteiger partial charge in [-0.05, 0) is 0 Å². The van der Waals surface area contributed by atoms with Gasteiger partial charge in [0.25, 0.3) is 5.43 Å². The Hall–Kier alpha value is -1.15. The van der Waals surface area contributed by atoms with E-state index in [1.165, 1.54) is 0 Å². The molecule has 0 spiro atoms. The molecule has 19 nitrogen and oxygen atoms in total. The summed E-state index contributed by atoms with van der Waals surface area (Å²) < 4.78 is 0. The zero-order valence-electron chi connectivity index (χ0n) is 12.5. The SMILES string of the molecule is O.O.O.O.O.O.O.O.O.O.O.O.O=c1c([O-])c([O-])c(=O)c1=O.[Cr].[Cr].[OH3+].[OH3+]. The second-order valence-electron chi connectivity index (χ2n) is 1.65. The fraction of sp³-hybridized carbons (Fsp3) is 0. The van der Waals surface area contributed by atoms with Gasteiger partial charge in [-0.1, -0.05) is 11.5 Å². The van der Waals surface area contributed by atoms with Crippen molar-refractivity contribution in [3.05, 3.63) is 30.7 Å². The van der Waals surface area contributed by atoms with E-state index in [4.69, 9.17) is 0 Å². The Kier molecular flexibility index (Phi) is 450. The average molecular weight is 498 g/mol. The standard InChI is InChI=1S/C5H2O5.2Cr.14H2O/c6-1-2(7)4(9)5(10)3(1)8;;;;;;;;;;;;;;;;/h6-7H;;;14*1H2. The Balaban J connectivity index is -0.00000000446. The van der Waals surface area contributed by atoms with Crippen molar-refractivity contribution in [2.24, 2.45) is 0 Å². The van der Waals surface area contributed by atoms with Gasteiger partial charge in [0, 0.05) is 34.7 Å². The minimum atomic E-state index is -1.52. The summed E-state index contributed by atoms with van der Waals surface area (Å²) in [5, 5.41) is 20.4. The van der Waals surface area contributed by atoms with Crippen LogP contribution in [0.15, 0.2) is 14.4 Å². The van der Waals surface area contributed by atoms with E-state index in [9.17, 15) is 24.6 Å². The van der Waals surface area contributed by atoms with Crippen LogP contribution in [0.25, 0.3) is 0 Å². The second kappa shape index (κ2) is 64.9. The van der Waals surface area contributed by atoms with Gasteiger partial charge in [-0.15, -0.1) is 0 Å². The molecule has 1 rings (SSSR count). The summed E-state index contributed by atoms with van der Waals surface area (Å²) >= 11 is 0. The molecule has 0 aliphatic heterocycles. The van der Waals surface area contributed by atoms with E-state index in [2.05, 4.69) is 0 Å². The average Bonchev–Trinajstić information content (AvgIpc) is 2.07. The number of hydrogen-bond acceptors (Lipinski definition) is 5. The molecule has 30 N–H and O–H groups in total. The fourth-order valence-corrected chi connectivity index (χ4v) is 0.516. The van der Waals surface area contributed by atoms with E-state index >= 15 is 0 Å². The van der Waals surface area contributed by atoms with Gasteiger partial charge in [0.2, 0.25) is 10.9 Å². The third kappa shape index (κ3) is 30.7. The van der Waals surface area contributed by atoms with Crippen LogP contribution in [0.3, 0.4) is 0 Å². The van der Waals surface area contributed by atoms with Crippen molar-refractivity contribution in [3.8, 4) is 11.5 Å². The molecule has 0 radical (unpaired) electrons. The predicted octanol–water partition coefficient (Wildman–Crippen LogP) is -15.0. The molecule has 0 fully saturated rings. The van der Waals surface area contributed by atoms with Crippen LogP contribution in [-0.2, 0) is 45.7 Å². The summed E-state index contributed by atoms with van der Waals surface area (Å²) in [5.41, 5.74) is -4.56. The van der Waals surface area contributed by atoms with Crippen molar-refractivity contribution >= 4 is 0 Å². The van der Waals surface area contributed by atoms with Gasteiger partial charge in [-0.2, -0.15) is 0 Å². The first-order valence-corrected chi connectivity index (χ1v) is 2.27. The van der Waals surface area contributed by atoms with E-state index in [-0.39, 0.29) is 111 Å². The van der Waals surface area contributed by atoms with Crippen molar-refractivity contribution in [1.29, 1.82) is 0 Å². The monoisotopic (exact) mass is 498 g/mol. The first kappa shape index (κ1) is 180. The maximum atomic E-state index is 10.2. The van der Waals surface area contributed by atoms with Gasteiger partial charge < -0.3 is 86.9 Å². The molecule has 0 heterocycles. The molecule has 0 atom stereocenters. The Morgan fingerprint density at radius 1 is 0.385 bits per heavy atom. The van der Waals surface area contributed by atoms with E-state index in [1.54, 1.807) is 0 Å². The Bertz CT molecular complexity index is 376. The normalized spacial score (nSPS) is 3.85. The topological polar surface area (TPSA) is 541 Å². The van der Waals surface area contributed by atoms with Crippen molar-refractivity contribution in [2.45, 2.75) is 0 Å². The molecule has 1 aromatic carbocycles. The zero-order valence-corrected chi connectivity index (χ0v) is 15.1. The van der Waals surface area contributed by atoms with Crippen LogP contribution in [-0.4, -0.2) is 65.7 Å². The summed E-state index contributed by atoms with van der Waals surface area (Å²) in [5.74, 6) is -3.04. The molecule has 26 heavy (non-hydrogen) atoms. The maximum absolute atomic E-state index is 10.2. The Labute approximate surface area is 164 Å². The first-order valence-electron chi connectivity index (χ1n) is 2.27. The van der Waals surface area contributed by atoms with Crippen LogP contribution in [0.5, 0.6) is 11.5 Å². The third-order valence-electron chi connectivity index (χ3n) is 1.03. The van der Waals surface area contributed by atoms with Crippen LogP contribution in [0.2, 0.25) is 0 Å². The van der Waals surface area contributed by atoms with E-state index in [0.29, 0.717) is 0 Å². The third-order valence-corrected chi connectivity index (χ3v) is 1.03. The summed E-state index contributed by atoms with van der Waals surface area (Å²) in [6.07, 6.45) is 0. The molecule has 0 aromatic heterocycles. The molecule has 176 valence electrons. The smallest absolute Gasteiger partial charge is 0.271 e. The number of hydrogen-bond donors (Lipinski definition) is 0. The molecule has 1 aromatic rings. The molecule has 0 aliphatic carbocycles. The van der Waals surface area contributed by atoms with Crippen LogP contribution in [0.1, 0.15) is 0 Å². The Morgan fingerprint density at radius 3 is 0.538 bits per heavy atom. The van der Waals surface area contributed by atoms with Crippen LogP contribution in [0, 0.1) is 0 Å². The minimum absolute atomic E-state index is 0. The molecular formula is C5H30Cr2O19. The molecular weight excluding hydrogens is 468 g/mol. The number of rotatable bonds is 0. The van der Waals surface area contributed by atoms with Crippen LogP contribution < -0.4 is 26.5 Å². The molecule has 0 aliphatic rings. The van der Waals surface area contributed by atoms with Crippen LogP contribution in [0.4, 0.5) is 0 Å². The molecule has 21 heteroatoms. The second-order valence-corrected chi connectivity index (χ2v) is 1.65. The molecule has 0 saturated heterocycles. The molecule has 0 unspecified atom stereocenters. The van der Waals surface area contributed by atoms with Crippen molar-refractivity contribution in [1.82, 2.24) is 0 Å². The van der Waals surface area contributed by atoms with Gasteiger partial charge in [-0.25, -0.2) is 0 Å². The van der Waals surface area contributed by atoms with Crippen molar-refractivity contribution in [3.63, 3.8) is 0 Å². The van der Waals surface area contributed by atoms with Gasteiger partial charge >= 0.3 is 0 Å². The van der Waals surface area contributed by atoms with Crippen molar-refractivity contribution in [2.75, 3.05) is 0 Å². The molecule has 0 bridgehead atoms.